The number of aromatic nitrogens is 1. The molecule has 0 saturated heterocycles. The molecule has 4 nitrogen and oxygen atoms in total. The molecule has 0 bridgehead atoms. The van der Waals surface area contributed by atoms with Gasteiger partial charge < -0.3 is 9.30 Å². The molecule has 0 fully saturated rings. The van der Waals surface area contributed by atoms with E-state index < -0.39 is 5.97 Å². The van der Waals surface area contributed by atoms with Crippen LogP contribution >= 0.6 is 0 Å². The van der Waals surface area contributed by atoms with Crippen molar-refractivity contribution in [2.75, 3.05) is 7.11 Å². The molecule has 1 heterocycles. The Balaban J connectivity index is 2.89. The second-order valence-electron chi connectivity index (χ2n) is 4.83. The zero-order valence-electron chi connectivity index (χ0n) is 11.5. The van der Waals surface area contributed by atoms with E-state index in [4.69, 9.17) is 10.00 Å². The molecule has 19 heavy (non-hydrogen) atoms. The lowest BCUT2D eigenvalue weighted by Crippen LogP contribution is -2.04. The Morgan fingerprint density at radius 2 is 2.11 bits per heavy atom. The van der Waals surface area contributed by atoms with Gasteiger partial charge in [0.1, 0.15) is 0 Å². The van der Waals surface area contributed by atoms with Gasteiger partial charge in [0.05, 0.1) is 29.8 Å². The van der Waals surface area contributed by atoms with Gasteiger partial charge in [-0.15, -0.1) is 0 Å². The molecule has 0 N–H and O–H groups in total. The molecular formula is C15H16N2O2. The molecule has 0 aliphatic carbocycles. The number of benzene rings is 1. The Hall–Kier alpha value is -2.28. The quantitative estimate of drug-likeness (QED) is 0.775. The van der Waals surface area contributed by atoms with Gasteiger partial charge in [0.2, 0.25) is 0 Å². The van der Waals surface area contributed by atoms with E-state index in [2.05, 4.69) is 24.5 Å². The lowest BCUT2D eigenvalue weighted by Gasteiger charge is -2.10. The highest BCUT2D eigenvalue weighted by atomic mass is 16.5. The first-order valence-corrected chi connectivity index (χ1v) is 6.13. The molecule has 0 radical (unpaired) electrons. The van der Waals surface area contributed by atoms with Gasteiger partial charge in [-0.05, 0) is 38.5 Å². The summed E-state index contributed by atoms with van der Waals surface area (Å²) in [6.45, 7) is 6.09. The minimum absolute atomic E-state index is 0.260. The average molecular weight is 256 g/mol. The average Bonchev–Trinajstić information content (AvgIpc) is 2.74. The number of ether oxygens (including phenoxy) is 1. The lowest BCUT2D eigenvalue weighted by molar-refractivity contribution is 0.0603. The Labute approximate surface area is 112 Å². The number of aryl methyl sites for hydroxylation is 1. The van der Waals surface area contributed by atoms with Crippen LogP contribution in [0.3, 0.4) is 0 Å². The molecule has 0 amide bonds. The summed E-state index contributed by atoms with van der Waals surface area (Å²) in [7, 11) is 1.35. The zero-order chi connectivity index (χ0) is 14.2. The number of nitrogens with zero attached hydrogens (tertiary/aromatic N) is 2. The highest BCUT2D eigenvalue weighted by Crippen LogP contribution is 2.29. The van der Waals surface area contributed by atoms with Crippen molar-refractivity contribution in [1.29, 1.82) is 5.26 Å². The summed E-state index contributed by atoms with van der Waals surface area (Å²) in [6.07, 6.45) is 2.00. The number of carbonyl (C=O) groups is 1. The molecule has 0 spiro atoms. The predicted octanol–water partition coefficient (Wildman–Crippen LogP) is 3.19. The highest BCUT2D eigenvalue weighted by Gasteiger charge is 2.18. The first-order valence-electron chi connectivity index (χ1n) is 6.13. The number of carbonyl (C=O) groups excluding carboxylic acids is 1. The van der Waals surface area contributed by atoms with E-state index in [1.807, 2.05) is 19.2 Å². The van der Waals surface area contributed by atoms with Gasteiger partial charge in [-0.2, -0.15) is 5.26 Å². The molecule has 0 aliphatic heterocycles. The largest absolute Gasteiger partial charge is 0.465 e. The molecule has 4 heteroatoms. The number of esters is 1. The monoisotopic (exact) mass is 256 g/mol. The van der Waals surface area contributed by atoms with Crippen molar-refractivity contribution in [3.05, 3.63) is 35.0 Å². The molecular weight excluding hydrogens is 240 g/mol. The number of fused-ring (bicyclic) bond motifs is 1. The van der Waals surface area contributed by atoms with Crippen molar-refractivity contribution in [3.63, 3.8) is 0 Å². The van der Waals surface area contributed by atoms with Crippen LogP contribution in [0.4, 0.5) is 0 Å². The minimum Gasteiger partial charge on any atom is -0.465 e. The maximum absolute atomic E-state index is 11.9. The molecule has 0 atom stereocenters. The number of hydrogen-bond acceptors (Lipinski definition) is 3. The topological polar surface area (TPSA) is 55.0 Å². The molecule has 2 aromatic rings. The number of methoxy groups -OCH3 is 1. The summed E-state index contributed by atoms with van der Waals surface area (Å²) >= 11 is 0. The van der Waals surface area contributed by atoms with Gasteiger partial charge >= 0.3 is 5.97 Å². The lowest BCUT2D eigenvalue weighted by atomic mass is 10.0. The molecule has 2 rings (SSSR count). The third-order valence-corrected chi connectivity index (χ3v) is 3.21. The standard InChI is InChI=1S/C15H16N2O2/c1-9(2)17-8-10(3)14-12(15(18)19-4)5-11(7-16)6-13(14)17/h5-6,8-9H,1-4H3. The fourth-order valence-corrected chi connectivity index (χ4v) is 2.35. The normalized spacial score (nSPS) is 10.7. The van der Waals surface area contributed by atoms with Crippen molar-refractivity contribution >= 4 is 16.9 Å². The van der Waals surface area contributed by atoms with Crippen LogP contribution in [-0.2, 0) is 4.74 Å². The van der Waals surface area contributed by atoms with Gasteiger partial charge in [-0.3, -0.25) is 0 Å². The second-order valence-corrected chi connectivity index (χ2v) is 4.83. The summed E-state index contributed by atoms with van der Waals surface area (Å²) in [4.78, 5) is 11.9. The minimum atomic E-state index is -0.410. The van der Waals surface area contributed by atoms with Gasteiger partial charge in [0.25, 0.3) is 0 Å². The van der Waals surface area contributed by atoms with Crippen molar-refractivity contribution in [1.82, 2.24) is 4.57 Å². The van der Waals surface area contributed by atoms with Crippen molar-refractivity contribution in [3.8, 4) is 6.07 Å². The third kappa shape index (κ3) is 2.08. The van der Waals surface area contributed by atoms with Crippen molar-refractivity contribution < 1.29 is 9.53 Å². The Bertz CT molecular complexity index is 690. The van der Waals surface area contributed by atoms with Gasteiger partial charge in [-0.25, -0.2) is 4.79 Å². The van der Waals surface area contributed by atoms with Gasteiger partial charge in [0, 0.05) is 17.6 Å². The van der Waals surface area contributed by atoms with E-state index in [0.29, 0.717) is 11.1 Å². The van der Waals surface area contributed by atoms with Crippen molar-refractivity contribution in [2.45, 2.75) is 26.8 Å². The number of nitriles is 1. The van der Waals surface area contributed by atoms with Crippen LogP contribution in [0.1, 0.15) is 41.4 Å². The maximum atomic E-state index is 11.9. The van der Waals surface area contributed by atoms with Crippen LogP contribution in [0.2, 0.25) is 0 Å². The Morgan fingerprint density at radius 3 is 2.63 bits per heavy atom. The summed E-state index contributed by atoms with van der Waals surface area (Å²) in [6, 6.07) is 5.76. The summed E-state index contributed by atoms with van der Waals surface area (Å²) < 4.78 is 6.88. The number of rotatable bonds is 2. The fourth-order valence-electron chi connectivity index (χ4n) is 2.35. The zero-order valence-corrected chi connectivity index (χ0v) is 11.5. The first-order chi connectivity index (χ1) is 8.99. The number of hydrogen-bond donors (Lipinski definition) is 0. The van der Waals surface area contributed by atoms with E-state index in [-0.39, 0.29) is 6.04 Å². The Kier molecular flexibility index (Phi) is 3.30. The predicted molar refractivity (Wildman–Crippen MR) is 73.1 cm³/mol. The maximum Gasteiger partial charge on any atom is 0.338 e. The van der Waals surface area contributed by atoms with E-state index in [0.717, 1.165) is 16.5 Å². The SMILES string of the molecule is COC(=O)c1cc(C#N)cc2c1c(C)cn2C(C)C. The Morgan fingerprint density at radius 1 is 1.42 bits per heavy atom. The van der Waals surface area contributed by atoms with Crippen LogP contribution < -0.4 is 0 Å². The van der Waals surface area contributed by atoms with Gasteiger partial charge in [-0.1, -0.05) is 0 Å². The summed E-state index contributed by atoms with van der Waals surface area (Å²) in [5.74, 6) is -0.410. The van der Waals surface area contributed by atoms with Crippen LogP contribution in [0.15, 0.2) is 18.3 Å². The third-order valence-electron chi connectivity index (χ3n) is 3.21. The summed E-state index contributed by atoms with van der Waals surface area (Å²) in [5.41, 5.74) is 2.82. The van der Waals surface area contributed by atoms with Crippen LogP contribution in [0.5, 0.6) is 0 Å². The van der Waals surface area contributed by atoms with Crippen LogP contribution in [0.25, 0.3) is 10.9 Å². The molecule has 1 aromatic heterocycles. The van der Waals surface area contributed by atoms with E-state index in [9.17, 15) is 4.79 Å². The molecule has 0 unspecified atom stereocenters. The second kappa shape index (κ2) is 4.77. The van der Waals surface area contributed by atoms with Crippen LogP contribution in [0, 0.1) is 18.3 Å². The molecule has 0 aliphatic rings. The molecule has 0 saturated carbocycles. The van der Waals surface area contributed by atoms with Crippen molar-refractivity contribution in [2.24, 2.45) is 0 Å². The van der Waals surface area contributed by atoms with Gasteiger partial charge in [0.15, 0.2) is 0 Å². The summed E-state index contributed by atoms with van der Waals surface area (Å²) in [5, 5.41) is 9.96. The fraction of sp³-hybridized carbons (Fsp3) is 0.333. The first kappa shape index (κ1) is 13.2. The molecule has 1 aromatic carbocycles. The van der Waals surface area contributed by atoms with E-state index in [1.54, 1.807) is 6.07 Å². The van der Waals surface area contributed by atoms with E-state index in [1.165, 1.54) is 7.11 Å². The van der Waals surface area contributed by atoms with E-state index >= 15 is 0 Å². The smallest absolute Gasteiger partial charge is 0.338 e. The van der Waals surface area contributed by atoms with Crippen LogP contribution in [-0.4, -0.2) is 17.6 Å². The molecule has 98 valence electrons. The highest BCUT2D eigenvalue weighted by molar-refractivity contribution is 6.06.